The van der Waals surface area contributed by atoms with E-state index >= 15 is 0 Å². The molecule has 2 aromatic carbocycles. The van der Waals surface area contributed by atoms with Crippen LogP contribution < -0.4 is 20.3 Å². The number of nitrogens with zero attached hydrogens (tertiary/aromatic N) is 3. The van der Waals surface area contributed by atoms with E-state index in [1.165, 1.54) is 6.26 Å². The first-order valence-corrected chi connectivity index (χ1v) is 13.7. The van der Waals surface area contributed by atoms with Crippen LogP contribution in [0.1, 0.15) is 46.6 Å². The second kappa shape index (κ2) is 12.6. The Hall–Kier alpha value is -4.47. The van der Waals surface area contributed by atoms with Crippen LogP contribution in [0.2, 0.25) is 0 Å². The third-order valence-electron chi connectivity index (χ3n) is 7.34. The lowest BCUT2D eigenvalue weighted by Crippen LogP contribution is -2.39. The number of rotatable bonds is 6. The number of benzene rings is 2. The highest BCUT2D eigenvalue weighted by Crippen LogP contribution is 2.29. The van der Waals surface area contributed by atoms with E-state index in [0.29, 0.717) is 43.1 Å². The molecule has 5 rings (SSSR count). The van der Waals surface area contributed by atoms with Gasteiger partial charge in [0.05, 0.1) is 18.9 Å². The average Bonchev–Trinajstić information content (AvgIpc) is 3.43. The monoisotopic (exact) mass is 545 g/mol. The van der Waals surface area contributed by atoms with Gasteiger partial charge >= 0.3 is 6.03 Å². The second-order valence-corrected chi connectivity index (χ2v) is 10.0. The second-order valence-electron chi connectivity index (χ2n) is 10.0. The van der Waals surface area contributed by atoms with E-state index in [-0.39, 0.29) is 23.6 Å². The number of likely N-dealkylation sites (tertiary alicyclic amines) is 1. The zero-order valence-corrected chi connectivity index (χ0v) is 22.7. The van der Waals surface area contributed by atoms with E-state index in [2.05, 4.69) is 15.5 Å². The Morgan fingerprint density at radius 1 is 0.775 bits per heavy atom. The Bertz CT molecular complexity index is 1320. The topological polar surface area (TPSA) is 107 Å². The van der Waals surface area contributed by atoms with Crippen molar-refractivity contribution in [1.29, 1.82) is 0 Å². The van der Waals surface area contributed by atoms with E-state index in [9.17, 15) is 14.4 Å². The maximum absolute atomic E-state index is 13.7. The van der Waals surface area contributed by atoms with Crippen LogP contribution in [0.3, 0.4) is 0 Å². The lowest BCUT2D eigenvalue weighted by molar-refractivity contribution is 0.0724. The lowest BCUT2D eigenvalue weighted by atomic mass is 10.1. The fourth-order valence-electron chi connectivity index (χ4n) is 5.17. The van der Waals surface area contributed by atoms with Gasteiger partial charge in [-0.2, -0.15) is 0 Å². The molecule has 3 aromatic rings. The van der Waals surface area contributed by atoms with Crippen molar-refractivity contribution in [2.45, 2.75) is 25.7 Å². The molecule has 0 saturated carbocycles. The molecule has 0 atom stereocenters. The number of hydrogen-bond donors (Lipinski definition) is 2. The van der Waals surface area contributed by atoms with Gasteiger partial charge in [0, 0.05) is 56.3 Å². The van der Waals surface area contributed by atoms with Crippen molar-refractivity contribution < 1.29 is 23.5 Å². The number of ether oxygens (including phenoxy) is 1. The highest BCUT2D eigenvalue weighted by atomic mass is 16.5. The Morgan fingerprint density at radius 2 is 1.52 bits per heavy atom. The molecule has 0 aliphatic carbocycles. The van der Waals surface area contributed by atoms with Crippen molar-refractivity contribution in [3.05, 3.63) is 72.2 Å². The van der Waals surface area contributed by atoms with E-state index in [1.54, 1.807) is 42.3 Å². The molecule has 2 aliphatic rings. The molecule has 2 N–H and O–H groups in total. The Kier molecular flexibility index (Phi) is 8.53. The predicted molar refractivity (Wildman–Crippen MR) is 153 cm³/mol. The summed E-state index contributed by atoms with van der Waals surface area (Å²) in [6, 6.07) is 15.8. The van der Waals surface area contributed by atoms with Crippen molar-refractivity contribution in [3.8, 4) is 5.75 Å². The van der Waals surface area contributed by atoms with Gasteiger partial charge in [0.15, 0.2) is 5.76 Å². The molecule has 4 amide bonds. The Labute approximate surface area is 233 Å². The minimum atomic E-state index is -0.373. The van der Waals surface area contributed by atoms with Gasteiger partial charge in [-0.05, 0) is 80.3 Å². The lowest BCUT2D eigenvalue weighted by Gasteiger charge is -2.30. The number of nitrogens with one attached hydrogen (secondary N) is 2. The molecule has 10 heteroatoms. The smallest absolute Gasteiger partial charge is 0.321 e. The summed E-state index contributed by atoms with van der Waals surface area (Å²) in [5.41, 5.74) is 2.59. The van der Waals surface area contributed by atoms with Crippen LogP contribution in [-0.2, 0) is 0 Å². The number of methoxy groups -OCH3 is 1. The van der Waals surface area contributed by atoms with Crippen molar-refractivity contribution in [2.75, 3.05) is 61.9 Å². The van der Waals surface area contributed by atoms with E-state index in [4.69, 9.17) is 9.15 Å². The molecule has 10 nitrogen and oxygen atoms in total. The SMILES string of the molecule is COc1ccc(NC(=O)N2CCCN(c3ccc(NC(=O)c4ccco4)cc3C(=O)N3CCCCC3)CC2)cc1. The van der Waals surface area contributed by atoms with Crippen molar-refractivity contribution in [3.63, 3.8) is 0 Å². The number of hydrogen-bond acceptors (Lipinski definition) is 6. The number of urea groups is 1. The highest BCUT2D eigenvalue weighted by Gasteiger charge is 2.26. The zero-order valence-electron chi connectivity index (χ0n) is 22.7. The molecule has 2 saturated heterocycles. The number of piperidine rings is 1. The van der Waals surface area contributed by atoms with E-state index in [0.717, 1.165) is 50.2 Å². The number of carbonyl (C=O) groups excluding carboxylic acids is 3. The molecule has 2 fully saturated rings. The normalized spacial score (nSPS) is 15.8. The quantitative estimate of drug-likeness (QED) is 0.456. The van der Waals surface area contributed by atoms with Crippen LogP contribution in [0.4, 0.5) is 21.9 Å². The molecule has 40 heavy (non-hydrogen) atoms. The first-order valence-electron chi connectivity index (χ1n) is 13.7. The minimum Gasteiger partial charge on any atom is -0.497 e. The summed E-state index contributed by atoms with van der Waals surface area (Å²) in [6.45, 7) is 3.84. The maximum Gasteiger partial charge on any atom is 0.321 e. The Morgan fingerprint density at radius 3 is 2.25 bits per heavy atom. The van der Waals surface area contributed by atoms with E-state index < -0.39 is 0 Å². The third kappa shape index (κ3) is 6.39. The van der Waals surface area contributed by atoms with Gasteiger partial charge < -0.3 is 34.5 Å². The van der Waals surface area contributed by atoms with Gasteiger partial charge in [-0.15, -0.1) is 0 Å². The molecular formula is C30H35N5O5. The summed E-state index contributed by atoms with van der Waals surface area (Å²) in [7, 11) is 1.60. The summed E-state index contributed by atoms with van der Waals surface area (Å²) >= 11 is 0. The zero-order chi connectivity index (χ0) is 27.9. The number of furan rings is 1. The standard InChI is InChI=1S/C30H35N5O5/c1-39-24-11-8-22(9-12-24)32-30(38)35-17-6-16-33(18-19-35)26-13-10-23(31-28(36)27-7-5-20-40-27)21-25(26)29(37)34-14-3-2-4-15-34/h5,7-13,20-21H,2-4,6,14-19H2,1H3,(H,31,36)(H,32,38). The van der Waals surface area contributed by atoms with Crippen LogP contribution in [0.15, 0.2) is 65.3 Å². The van der Waals surface area contributed by atoms with Gasteiger partial charge in [-0.25, -0.2) is 4.79 Å². The van der Waals surface area contributed by atoms with Gasteiger partial charge in [-0.3, -0.25) is 9.59 Å². The molecule has 0 unspecified atom stereocenters. The molecular weight excluding hydrogens is 510 g/mol. The molecule has 2 aliphatic heterocycles. The van der Waals surface area contributed by atoms with Gasteiger partial charge in [0.25, 0.3) is 11.8 Å². The molecule has 0 bridgehead atoms. The van der Waals surface area contributed by atoms with Crippen LogP contribution in [0.5, 0.6) is 5.75 Å². The molecule has 0 radical (unpaired) electrons. The van der Waals surface area contributed by atoms with Crippen molar-refractivity contribution in [2.24, 2.45) is 0 Å². The fraction of sp³-hybridized carbons (Fsp3) is 0.367. The molecule has 1 aromatic heterocycles. The first-order chi connectivity index (χ1) is 19.5. The largest absolute Gasteiger partial charge is 0.497 e. The first kappa shape index (κ1) is 27.1. The van der Waals surface area contributed by atoms with Gasteiger partial charge in [0.2, 0.25) is 0 Å². The number of amides is 4. The average molecular weight is 546 g/mol. The summed E-state index contributed by atoms with van der Waals surface area (Å²) in [5.74, 6) is 0.517. The summed E-state index contributed by atoms with van der Waals surface area (Å²) in [4.78, 5) is 45.2. The Balaban J connectivity index is 1.32. The number of carbonyl (C=O) groups is 3. The summed E-state index contributed by atoms with van der Waals surface area (Å²) in [5, 5.41) is 5.81. The molecule has 0 spiro atoms. The van der Waals surface area contributed by atoms with Crippen molar-refractivity contribution >= 4 is 34.9 Å². The van der Waals surface area contributed by atoms with Crippen LogP contribution in [0.25, 0.3) is 0 Å². The van der Waals surface area contributed by atoms with Gasteiger partial charge in [0.1, 0.15) is 5.75 Å². The summed E-state index contributed by atoms with van der Waals surface area (Å²) in [6.07, 6.45) is 5.29. The third-order valence-corrected chi connectivity index (χ3v) is 7.34. The van der Waals surface area contributed by atoms with E-state index in [1.807, 2.05) is 29.2 Å². The van der Waals surface area contributed by atoms with Crippen LogP contribution in [0, 0.1) is 0 Å². The van der Waals surface area contributed by atoms with Gasteiger partial charge in [-0.1, -0.05) is 0 Å². The van der Waals surface area contributed by atoms with Crippen LogP contribution >= 0.6 is 0 Å². The fourth-order valence-corrected chi connectivity index (χ4v) is 5.17. The maximum atomic E-state index is 13.7. The number of anilines is 3. The minimum absolute atomic E-state index is 0.0397. The van der Waals surface area contributed by atoms with Crippen molar-refractivity contribution in [1.82, 2.24) is 9.80 Å². The highest BCUT2D eigenvalue weighted by molar-refractivity contribution is 6.05. The summed E-state index contributed by atoms with van der Waals surface area (Å²) < 4.78 is 10.4. The molecule has 210 valence electrons. The predicted octanol–water partition coefficient (Wildman–Crippen LogP) is 4.91. The van der Waals surface area contributed by atoms with Crippen LogP contribution in [-0.4, -0.2) is 74.0 Å². The molecule has 3 heterocycles.